The molecule has 2 aromatic rings. The van der Waals surface area contributed by atoms with Crippen LogP contribution in [0.25, 0.3) is 0 Å². The molecule has 6 heteroatoms. The lowest BCUT2D eigenvalue weighted by Gasteiger charge is -2.32. The molecule has 0 radical (unpaired) electrons. The number of likely N-dealkylation sites (tertiary alicyclic amines) is 1. The van der Waals surface area contributed by atoms with Gasteiger partial charge in [-0.25, -0.2) is 0 Å². The second-order valence-corrected chi connectivity index (χ2v) is 8.42. The lowest BCUT2D eigenvalue weighted by Crippen LogP contribution is -2.48. The van der Waals surface area contributed by atoms with Crippen LogP contribution in [0.3, 0.4) is 0 Å². The molecule has 5 nitrogen and oxygen atoms in total. The fraction of sp³-hybridized carbons (Fsp3) is 0.440. The molecule has 0 atom stereocenters. The zero-order valence-electron chi connectivity index (χ0n) is 18.3. The van der Waals surface area contributed by atoms with Gasteiger partial charge in [0.25, 0.3) is 5.91 Å². The Morgan fingerprint density at radius 3 is 2.52 bits per heavy atom. The molecule has 2 aromatic carbocycles. The molecular formula is C25H33N3O2S. The molecule has 0 bridgehead atoms. The van der Waals surface area contributed by atoms with E-state index in [0.717, 1.165) is 51.7 Å². The van der Waals surface area contributed by atoms with Crippen LogP contribution in [0.2, 0.25) is 0 Å². The summed E-state index contributed by atoms with van der Waals surface area (Å²) in [5.74, 6) is 0.373. The molecule has 1 amide bonds. The summed E-state index contributed by atoms with van der Waals surface area (Å²) in [6.45, 7) is 5.77. The minimum absolute atomic E-state index is 0.231. The number of unbranched alkanes of at least 4 members (excludes halogenated alkanes) is 2. The molecule has 0 aliphatic carbocycles. The van der Waals surface area contributed by atoms with Crippen molar-refractivity contribution < 1.29 is 9.53 Å². The number of rotatable bonds is 9. The van der Waals surface area contributed by atoms with E-state index in [0.29, 0.717) is 23.0 Å². The maximum Gasteiger partial charge on any atom is 0.261 e. The van der Waals surface area contributed by atoms with Gasteiger partial charge < -0.3 is 10.1 Å². The third kappa shape index (κ3) is 7.64. The first-order chi connectivity index (χ1) is 15.2. The Kier molecular flexibility index (Phi) is 9.31. The maximum absolute atomic E-state index is 12.7. The van der Waals surface area contributed by atoms with Gasteiger partial charge in [0, 0.05) is 25.7 Å². The molecule has 3 rings (SSSR count). The van der Waals surface area contributed by atoms with E-state index < -0.39 is 0 Å². The average molecular weight is 440 g/mol. The molecule has 1 aliphatic heterocycles. The van der Waals surface area contributed by atoms with Crippen molar-refractivity contribution in [1.82, 2.24) is 15.5 Å². The number of ether oxygens (including phenoxy) is 1. The predicted octanol–water partition coefficient (Wildman–Crippen LogP) is 4.52. The lowest BCUT2D eigenvalue weighted by atomic mass is 10.0. The number of hydrogen-bond acceptors (Lipinski definition) is 4. The summed E-state index contributed by atoms with van der Waals surface area (Å²) in [6, 6.07) is 18.2. The topological polar surface area (TPSA) is 53.6 Å². The minimum Gasteiger partial charge on any atom is -0.493 e. The van der Waals surface area contributed by atoms with E-state index in [1.165, 1.54) is 5.56 Å². The Balaban J connectivity index is 1.43. The molecule has 1 fully saturated rings. The molecule has 0 unspecified atom stereocenters. The number of thiocarbonyl (C=S) groups is 1. The highest BCUT2D eigenvalue weighted by molar-refractivity contribution is 7.80. The fourth-order valence-electron chi connectivity index (χ4n) is 3.78. The summed E-state index contributed by atoms with van der Waals surface area (Å²) in [4.78, 5) is 15.2. The van der Waals surface area contributed by atoms with Crippen molar-refractivity contribution in [1.29, 1.82) is 0 Å². The second-order valence-electron chi connectivity index (χ2n) is 8.02. The fourth-order valence-corrected chi connectivity index (χ4v) is 4.04. The average Bonchev–Trinajstić information content (AvgIpc) is 2.79. The number of carbonyl (C=O) groups excluding carboxylic acids is 1. The van der Waals surface area contributed by atoms with Crippen molar-refractivity contribution in [3.05, 3.63) is 65.7 Å². The van der Waals surface area contributed by atoms with Crippen molar-refractivity contribution in [3.8, 4) is 5.75 Å². The lowest BCUT2D eigenvalue weighted by molar-refractivity contribution is 0.0972. The van der Waals surface area contributed by atoms with Crippen molar-refractivity contribution in [3.63, 3.8) is 0 Å². The van der Waals surface area contributed by atoms with Crippen molar-refractivity contribution in [2.24, 2.45) is 0 Å². The zero-order valence-corrected chi connectivity index (χ0v) is 19.1. The van der Waals surface area contributed by atoms with Crippen molar-refractivity contribution >= 4 is 23.2 Å². The van der Waals surface area contributed by atoms with Crippen LogP contribution >= 0.6 is 12.2 Å². The zero-order chi connectivity index (χ0) is 21.9. The van der Waals surface area contributed by atoms with E-state index >= 15 is 0 Å². The van der Waals surface area contributed by atoms with Gasteiger partial charge in [-0.1, -0.05) is 62.2 Å². The third-order valence-corrected chi connectivity index (χ3v) is 5.76. The summed E-state index contributed by atoms with van der Waals surface area (Å²) in [5, 5.41) is 6.52. The largest absolute Gasteiger partial charge is 0.493 e. The van der Waals surface area contributed by atoms with Crippen LogP contribution < -0.4 is 15.4 Å². The number of amides is 1. The molecule has 166 valence electrons. The Morgan fingerprint density at radius 1 is 1.06 bits per heavy atom. The first kappa shape index (κ1) is 23.2. The van der Waals surface area contributed by atoms with E-state index in [1.54, 1.807) is 6.07 Å². The summed E-state index contributed by atoms with van der Waals surface area (Å²) >= 11 is 5.41. The number of carbonyl (C=O) groups is 1. The summed E-state index contributed by atoms with van der Waals surface area (Å²) < 4.78 is 5.82. The smallest absolute Gasteiger partial charge is 0.261 e. The van der Waals surface area contributed by atoms with Crippen LogP contribution in [0.4, 0.5) is 0 Å². The van der Waals surface area contributed by atoms with Gasteiger partial charge in [0.15, 0.2) is 5.11 Å². The minimum atomic E-state index is -0.231. The van der Waals surface area contributed by atoms with Gasteiger partial charge >= 0.3 is 0 Å². The van der Waals surface area contributed by atoms with Crippen LogP contribution in [-0.2, 0) is 6.54 Å². The maximum atomic E-state index is 12.7. The Bertz CT molecular complexity index is 836. The molecule has 31 heavy (non-hydrogen) atoms. The summed E-state index contributed by atoms with van der Waals surface area (Å²) in [7, 11) is 0. The molecule has 1 aliphatic rings. The van der Waals surface area contributed by atoms with E-state index in [1.807, 2.05) is 24.3 Å². The van der Waals surface area contributed by atoms with Crippen molar-refractivity contribution in [2.45, 2.75) is 51.6 Å². The van der Waals surface area contributed by atoms with Crippen LogP contribution in [0.5, 0.6) is 5.75 Å². The Hall–Kier alpha value is -2.44. The highest BCUT2D eigenvalue weighted by Gasteiger charge is 2.21. The van der Waals surface area contributed by atoms with Gasteiger partial charge in [0.05, 0.1) is 12.2 Å². The van der Waals surface area contributed by atoms with E-state index in [4.69, 9.17) is 17.0 Å². The van der Waals surface area contributed by atoms with Crippen LogP contribution in [-0.4, -0.2) is 41.7 Å². The van der Waals surface area contributed by atoms with E-state index in [-0.39, 0.29) is 11.9 Å². The van der Waals surface area contributed by atoms with Crippen LogP contribution in [0.1, 0.15) is 54.9 Å². The highest BCUT2D eigenvalue weighted by atomic mass is 32.1. The summed E-state index contributed by atoms with van der Waals surface area (Å²) in [6.07, 6.45) is 5.23. The molecule has 0 aromatic heterocycles. The molecular weight excluding hydrogens is 406 g/mol. The number of nitrogens with one attached hydrogen (secondary N) is 2. The van der Waals surface area contributed by atoms with E-state index in [9.17, 15) is 4.79 Å². The number of piperidine rings is 1. The molecule has 0 spiro atoms. The first-order valence-corrected chi connectivity index (χ1v) is 11.7. The quantitative estimate of drug-likeness (QED) is 0.444. The van der Waals surface area contributed by atoms with Crippen molar-refractivity contribution in [2.75, 3.05) is 19.7 Å². The Labute approximate surface area is 191 Å². The number of benzene rings is 2. The Morgan fingerprint density at radius 2 is 1.77 bits per heavy atom. The molecule has 1 saturated heterocycles. The highest BCUT2D eigenvalue weighted by Crippen LogP contribution is 2.19. The number of para-hydroxylation sites is 1. The number of nitrogens with zero attached hydrogens (tertiary/aromatic N) is 1. The van der Waals surface area contributed by atoms with Gasteiger partial charge in [-0.05, 0) is 49.2 Å². The summed E-state index contributed by atoms with van der Waals surface area (Å²) in [5.41, 5.74) is 1.85. The normalized spacial score (nSPS) is 14.7. The first-order valence-electron chi connectivity index (χ1n) is 11.3. The second kappa shape index (κ2) is 12.4. The van der Waals surface area contributed by atoms with Gasteiger partial charge in [0.1, 0.15) is 5.75 Å². The van der Waals surface area contributed by atoms with Gasteiger partial charge in [-0.2, -0.15) is 0 Å². The van der Waals surface area contributed by atoms with E-state index in [2.05, 4.69) is 46.7 Å². The van der Waals surface area contributed by atoms with Crippen LogP contribution in [0.15, 0.2) is 54.6 Å². The molecule has 0 saturated carbocycles. The predicted molar refractivity (Wildman–Crippen MR) is 129 cm³/mol. The standard InChI is InChI=1S/C25H33N3O2S/c1-2-3-9-18-30-23-13-8-7-12-22(23)24(29)27-25(31)26-21-14-16-28(17-15-21)19-20-10-5-4-6-11-20/h4-8,10-13,21H,2-3,9,14-19H2,1H3,(H2,26,27,29,31). The molecule has 1 heterocycles. The third-order valence-electron chi connectivity index (χ3n) is 5.54. The SMILES string of the molecule is CCCCCOc1ccccc1C(=O)NC(=S)NC1CCN(Cc2ccccc2)CC1. The molecule has 2 N–H and O–H groups in total. The van der Waals surface area contributed by atoms with Gasteiger partial charge in [0.2, 0.25) is 0 Å². The van der Waals surface area contributed by atoms with Gasteiger partial charge in [-0.3, -0.25) is 15.0 Å². The van der Waals surface area contributed by atoms with Crippen LogP contribution in [0, 0.1) is 0 Å². The van der Waals surface area contributed by atoms with Gasteiger partial charge in [-0.15, -0.1) is 0 Å². The number of hydrogen-bond donors (Lipinski definition) is 2. The monoisotopic (exact) mass is 439 g/mol.